The lowest BCUT2D eigenvalue weighted by Crippen LogP contribution is -2.12. The van der Waals surface area contributed by atoms with Gasteiger partial charge < -0.3 is 5.32 Å². The standard InChI is InChI=1S/C12H15BrClNO/c1-9-5-6-10(13)8-11(9)15-12(16)4-2-3-7-14/h5-6,8H,2-4,7H2,1H3,(H,15,16). The highest BCUT2D eigenvalue weighted by Crippen LogP contribution is 2.20. The Morgan fingerprint density at radius 2 is 2.19 bits per heavy atom. The van der Waals surface area contributed by atoms with Crippen LogP contribution in [0.1, 0.15) is 24.8 Å². The Labute approximate surface area is 110 Å². The summed E-state index contributed by atoms with van der Waals surface area (Å²) in [5.74, 6) is 0.662. The number of carbonyl (C=O) groups is 1. The van der Waals surface area contributed by atoms with Gasteiger partial charge in [0.05, 0.1) is 0 Å². The average molecular weight is 305 g/mol. The first-order chi connectivity index (χ1) is 7.63. The molecule has 1 N–H and O–H groups in total. The molecule has 0 heterocycles. The monoisotopic (exact) mass is 303 g/mol. The summed E-state index contributed by atoms with van der Waals surface area (Å²) in [6, 6.07) is 5.84. The maximum atomic E-state index is 11.6. The van der Waals surface area contributed by atoms with Crippen molar-refractivity contribution in [1.29, 1.82) is 0 Å². The Hall–Kier alpha value is -0.540. The zero-order chi connectivity index (χ0) is 12.0. The summed E-state index contributed by atoms with van der Waals surface area (Å²) in [6.45, 7) is 1.97. The molecule has 1 aromatic carbocycles. The van der Waals surface area contributed by atoms with E-state index in [-0.39, 0.29) is 5.91 Å². The first-order valence-corrected chi connectivity index (χ1v) is 6.58. The quantitative estimate of drug-likeness (QED) is 0.644. The van der Waals surface area contributed by atoms with Gasteiger partial charge in [0, 0.05) is 22.5 Å². The van der Waals surface area contributed by atoms with Crippen LogP contribution in [0.2, 0.25) is 0 Å². The van der Waals surface area contributed by atoms with Gasteiger partial charge >= 0.3 is 0 Å². The number of aryl methyl sites for hydroxylation is 1. The summed E-state index contributed by atoms with van der Waals surface area (Å²) in [5, 5.41) is 2.90. The molecule has 0 saturated carbocycles. The van der Waals surface area contributed by atoms with Gasteiger partial charge in [0.15, 0.2) is 0 Å². The Morgan fingerprint density at radius 1 is 1.44 bits per heavy atom. The molecular weight excluding hydrogens is 289 g/mol. The molecule has 1 amide bonds. The Bertz CT molecular complexity index is 368. The van der Waals surface area contributed by atoms with E-state index in [2.05, 4.69) is 21.2 Å². The van der Waals surface area contributed by atoms with Crippen molar-refractivity contribution in [1.82, 2.24) is 0 Å². The van der Waals surface area contributed by atoms with E-state index < -0.39 is 0 Å². The summed E-state index contributed by atoms with van der Waals surface area (Å²) >= 11 is 8.93. The summed E-state index contributed by atoms with van der Waals surface area (Å²) in [4.78, 5) is 11.6. The van der Waals surface area contributed by atoms with E-state index in [4.69, 9.17) is 11.6 Å². The molecular formula is C12H15BrClNO. The Morgan fingerprint density at radius 3 is 2.88 bits per heavy atom. The SMILES string of the molecule is Cc1ccc(Br)cc1NC(=O)CCCCCl. The van der Waals surface area contributed by atoms with Crippen LogP contribution in [0.5, 0.6) is 0 Å². The molecule has 0 aromatic heterocycles. The van der Waals surface area contributed by atoms with Crippen molar-refractivity contribution in [2.45, 2.75) is 26.2 Å². The van der Waals surface area contributed by atoms with E-state index in [0.717, 1.165) is 28.6 Å². The molecule has 0 aliphatic heterocycles. The highest BCUT2D eigenvalue weighted by Gasteiger charge is 2.04. The van der Waals surface area contributed by atoms with Gasteiger partial charge in [-0.2, -0.15) is 0 Å². The van der Waals surface area contributed by atoms with Gasteiger partial charge in [-0.1, -0.05) is 22.0 Å². The van der Waals surface area contributed by atoms with E-state index in [1.54, 1.807) is 0 Å². The first-order valence-electron chi connectivity index (χ1n) is 5.25. The van der Waals surface area contributed by atoms with Crippen molar-refractivity contribution in [3.05, 3.63) is 28.2 Å². The number of hydrogen-bond donors (Lipinski definition) is 1. The fraction of sp³-hybridized carbons (Fsp3) is 0.417. The minimum Gasteiger partial charge on any atom is -0.326 e. The highest BCUT2D eigenvalue weighted by molar-refractivity contribution is 9.10. The maximum Gasteiger partial charge on any atom is 0.224 e. The van der Waals surface area contributed by atoms with Crippen molar-refractivity contribution >= 4 is 39.1 Å². The smallest absolute Gasteiger partial charge is 0.224 e. The van der Waals surface area contributed by atoms with E-state index >= 15 is 0 Å². The largest absolute Gasteiger partial charge is 0.326 e. The van der Waals surface area contributed by atoms with Gasteiger partial charge in [0.2, 0.25) is 5.91 Å². The van der Waals surface area contributed by atoms with E-state index in [1.807, 2.05) is 25.1 Å². The molecule has 2 nitrogen and oxygen atoms in total. The van der Waals surface area contributed by atoms with Crippen molar-refractivity contribution in [3.63, 3.8) is 0 Å². The minimum atomic E-state index is 0.0475. The zero-order valence-corrected chi connectivity index (χ0v) is 11.6. The number of unbranched alkanes of at least 4 members (excludes halogenated alkanes) is 1. The number of benzene rings is 1. The molecule has 0 fully saturated rings. The summed E-state index contributed by atoms with van der Waals surface area (Å²) < 4.78 is 0.967. The number of nitrogens with one attached hydrogen (secondary N) is 1. The minimum absolute atomic E-state index is 0.0475. The van der Waals surface area contributed by atoms with Crippen LogP contribution in [0.4, 0.5) is 5.69 Å². The van der Waals surface area contributed by atoms with E-state index in [0.29, 0.717) is 12.3 Å². The number of carbonyl (C=O) groups excluding carboxylic acids is 1. The van der Waals surface area contributed by atoms with Crippen LogP contribution in [-0.4, -0.2) is 11.8 Å². The molecule has 0 spiro atoms. The van der Waals surface area contributed by atoms with Gasteiger partial charge in [-0.25, -0.2) is 0 Å². The average Bonchev–Trinajstić information content (AvgIpc) is 2.24. The topological polar surface area (TPSA) is 29.1 Å². The van der Waals surface area contributed by atoms with Gasteiger partial charge in [-0.05, 0) is 37.5 Å². The number of rotatable bonds is 5. The Kier molecular flexibility index (Phi) is 5.85. The van der Waals surface area contributed by atoms with Crippen molar-refractivity contribution in [2.24, 2.45) is 0 Å². The molecule has 0 radical (unpaired) electrons. The summed E-state index contributed by atoms with van der Waals surface area (Å²) in [5.41, 5.74) is 1.93. The second kappa shape index (κ2) is 6.92. The molecule has 0 aliphatic rings. The zero-order valence-electron chi connectivity index (χ0n) is 9.22. The fourth-order valence-corrected chi connectivity index (χ4v) is 1.87. The molecule has 0 unspecified atom stereocenters. The van der Waals surface area contributed by atoms with Crippen LogP contribution in [0.3, 0.4) is 0 Å². The van der Waals surface area contributed by atoms with Gasteiger partial charge in [-0.3, -0.25) is 4.79 Å². The Balaban J connectivity index is 2.52. The van der Waals surface area contributed by atoms with E-state index in [1.165, 1.54) is 0 Å². The third-order valence-electron chi connectivity index (χ3n) is 2.26. The van der Waals surface area contributed by atoms with Crippen molar-refractivity contribution in [2.75, 3.05) is 11.2 Å². The molecule has 16 heavy (non-hydrogen) atoms. The number of hydrogen-bond acceptors (Lipinski definition) is 1. The molecule has 1 aromatic rings. The van der Waals surface area contributed by atoms with Crippen LogP contribution in [-0.2, 0) is 4.79 Å². The molecule has 0 aliphatic carbocycles. The molecule has 88 valence electrons. The molecule has 0 atom stereocenters. The lowest BCUT2D eigenvalue weighted by molar-refractivity contribution is -0.116. The van der Waals surface area contributed by atoms with Crippen LogP contribution >= 0.6 is 27.5 Å². The second-order valence-electron chi connectivity index (χ2n) is 3.65. The predicted molar refractivity (Wildman–Crippen MR) is 72.1 cm³/mol. The summed E-state index contributed by atoms with van der Waals surface area (Å²) in [6.07, 6.45) is 2.24. The fourth-order valence-electron chi connectivity index (χ4n) is 1.32. The number of anilines is 1. The van der Waals surface area contributed by atoms with Gasteiger partial charge in [0.1, 0.15) is 0 Å². The summed E-state index contributed by atoms with van der Waals surface area (Å²) in [7, 11) is 0. The van der Waals surface area contributed by atoms with Crippen molar-refractivity contribution < 1.29 is 4.79 Å². The lowest BCUT2D eigenvalue weighted by Gasteiger charge is -2.08. The number of halogens is 2. The third kappa shape index (κ3) is 4.54. The molecule has 0 bridgehead atoms. The maximum absolute atomic E-state index is 11.6. The van der Waals surface area contributed by atoms with Crippen molar-refractivity contribution in [3.8, 4) is 0 Å². The molecule has 0 saturated heterocycles. The van der Waals surface area contributed by atoms with Crippen LogP contribution in [0.25, 0.3) is 0 Å². The lowest BCUT2D eigenvalue weighted by atomic mass is 10.2. The number of amides is 1. The van der Waals surface area contributed by atoms with Crippen LogP contribution in [0, 0.1) is 6.92 Å². The van der Waals surface area contributed by atoms with Crippen LogP contribution < -0.4 is 5.32 Å². The highest BCUT2D eigenvalue weighted by atomic mass is 79.9. The van der Waals surface area contributed by atoms with E-state index in [9.17, 15) is 4.79 Å². The third-order valence-corrected chi connectivity index (χ3v) is 3.02. The van der Waals surface area contributed by atoms with Crippen LogP contribution in [0.15, 0.2) is 22.7 Å². The second-order valence-corrected chi connectivity index (χ2v) is 4.95. The first kappa shape index (κ1) is 13.5. The molecule has 4 heteroatoms. The van der Waals surface area contributed by atoms with Gasteiger partial charge in [-0.15, -0.1) is 11.6 Å². The molecule has 1 rings (SSSR count). The normalized spacial score (nSPS) is 10.2. The number of alkyl halides is 1. The predicted octanol–water partition coefficient (Wildman–Crippen LogP) is 4.11. The van der Waals surface area contributed by atoms with Gasteiger partial charge in [0.25, 0.3) is 0 Å².